The van der Waals surface area contributed by atoms with Crippen LogP contribution in [0.4, 0.5) is 0 Å². The fourth-order valence-electron chi connectivity index (χ4n) is 2.64. The minimum atomic E-state index is -3.23. The molecule has 0 saturated heterocycles. The maximum Gasteiger partial charge on any atom is 0.339 e. The summed E-state index contributed by atoms with van der Waals surface area (Å²) in [5.74, 6) is -0.417. The Bertz CT molecular complexity index is 564. The maximum absolute atomic E-state index is 12.0. The molecular formula is C13H18O5S. The van der Waals surface area contributed by atoms with E-state index in [-0.39, 0.29) is 34.5 Å². The van der Waals surface area contributed by atoms with Gasteiger partial charge in [0.1, 0.15) is 22.8 Å². The SMILES string of the molecule is Cc1oc(CS(=O)(=O)CC2CCCC2)cc1C(=O)O. The molecule has 2 rings (SSSR count). The molecular weight excluding hydrogens is 268 g/mol. The summed E-state index contributed by atoms with van der Waals surface area (Å²) in [4.78, 5) is 10.9. The molecule has 19 heavy (non-hydrogen) atoms. The second-order valence-electron chi connectivity index (χ2n) is 5.19. The molecule has 1 fully saturated rings. The lowest BCUT2D eigenvalue weighted by Crippen LogP contribution is -2.15. The third-order valence-corrected chi connectivity index (χ3v) is 5.23. The van der Waals surface area contributed by atoms with E-state index in [4.69, 9.17) is 9.52 Å². The van der Waals surface area contributed by atoms with Gasteiger partial charge < -0.3 is 9.52 Å². The van der Waals surface area contributed by atoms with Crippen LogP contribution in [0.15, 0.2) is 10.5 Å². The zero-order valence-electron chi connectivity index (χ0n) is 10.9. The van der Waals surface area contributed by atoms with Crippen molar-refractivity contribution in [1.29, 1.82) is 0 Å². The van der Waals surface area contributed by atoms with Gasteiger partial charge in [-0.05, 0) is 31.7 Å². The molecule has 1 N–H and O–H groups in total. The molecule has 1 heterocycles. The molecule has 0 aromatic carbocycles. The van der Waals surface area contributed by atoms with E-state index in [9.17, 15) is 13.2 Å². The summed E-state index contributed by atoms with van der Waals surface area (Å²) >= 11 is 0. The summed E-state index contributed by atoms with van der Waals surface area (Å²) in [5.41, 5.74) is 0.0334. The molecule has 1 aromatic heterocycles. The number of carboxylic acid groups (broad SMARTS) is 1. The quantitative estimate of drug-likeness (QED) is 0.898. The zero-order chi connectivity index (χ0) is 14.0. The van der Waals surface area contributed by atoms with Crippen molar-refractivity contribution >= 4 is 15.8 Å². The highest BCUT2D eigenvalue weighted by atomic mass is 32.2. The van der Waals surface area contributed by atoms with Gasteiger partial charge in [0.2, 0.25) is 0 Å². The third-order valence-electron chi connectivity index (χ3n) is 3.53. The molecule has 6 heteroatoms. The minimum absolute atomic E-state index is 0.0334. The second-order valence-corrected chi connectivity index (χ2v) is 7.30. The number of aromatic carboxylic acids is 1. The lowest BCUT2D eigenvalue weighted by molar-refractivity contribution is 0.0695. The molecule has 0 unspecified atom stereocenters. The third kappa shape index (κ3) is 3.59. The number of sulfone groups is 1. The maximum atomic E-state index is 12.0. The van der Waals surface area contributed by atoms with Gasteiger partial charge in [-0.3, -0.25) is 0 Å². The molecule has 1 aliphatic rings. The van der Waals surface area contributed by atoms with Crippen molar-refractivity contribution in [3.63, 3.8) is 0 Å². The van der Waals surface area contributed by atoms with Crippen molar-refractivity contribution in [3.05, 3.63) is 23.2 Å². The van der Waals surface area contributed by atoms with Crippen LogP contribution in [-0.2, 0) is 15.6 Å². The van der Waals surface area contributed by atoms with Gasteiger partial charge in [0.25, 0.3) is 0 Å². The van der Waals surface area contributed by atoms with E-state index < -0.39 is 15.8 Å². The number of aryl methyl sites for hydroxylation is 1. The minimum Gasteiger partial charge on any atom is -0.478 e. The molecule has 0 atom stereocenters. The number of hydrogen-bond donors (Lipinski definition) is 1. The lowest BCUT2D eigenvalue weighted by atomic mass is 10.1. The van der Waals surface area contributed by atoms with Crippen LogP contribution in [0.5, 0.6) is 0 Å². The summed E-state index contributed by atoms with van der Waals surface area (Å²) < 4.78 is 29.3. The van der Waals surface area contributed by atoms with Crippen molar-refractivity contribution in [3.8, 4) is 0 Å². The standard InChI is InChI=1S/C13H18O5S/c1-9-12(13(14)15)6-11(18-9)8-19(16,17)7-10-4-2-3-5-10/h6,10H,2-5,7-8H2,1H3,(H,14,15). The zero-order valence-corrected chi connectivity index (χ0v) is 11.7. The highest BCUT2D eigenvalue weighted by Gasteiger charge is 2.25. The number of hydrogen-bond acceptors (Lipinski definition) is 4. The molecule has 1 saturated carbocycles. The van der Waals surface area contributed by atoms with E-state index in [1.807, 2.05) is 0 Å². The molecule has 0 amide bonds. The van der Waals surface area contributed by atoms with Crippen molar-refractivity contribution < 1.29 is 22.7 Å². The molecule has 0 radical (unpaired) electrons. The van der Waals surface area contributed by atoms with Crippen LogP contribution in [0.1, 0.15) is 47.6 Å². The van der Waals surface area contributed by atoms with Crippen LogP contribution in [0, 0.1) is 12.8 Å². The van der Waals surface area contributed by atoms with Crippen LogP contribution in [0.25, 0.3) is 0 Å². The Morgan fingerprint density at radius 1 is 1.42 bits per heavy atom. The van der Waals surface area contributed by atoms with Gasteiger partial charge in [-0.2, -0.15) is 0 Å². The molecule has 1 aliphatic carbocycles. The Kier molecular flexibility index (Phi) is 3.99. The molecule has 5 nitrogen and oxygen atoms in total. The van der Waals surface area contributed by atoms with Crippen LogP contribution >= 0.6 is 0 Å². The van der Waals surface area contributed by atoms with E-state index in [0.717, 1.165) is 25.7 Å². The predicted octanol–water partition coefficient (Wildman–Crippen LogP) is 2.39. The monoisotopic (exact) mass is 286 g/mol. The van der Waals surface area contributed by atoms with Gasteiger partial charge >= 0.3 is 5.97 Å². The summed E-state index contributed by atoms with van der Waals surface area (Å²) in [6.45, 7) is 1.52. The number of furan rings is 1. The van der Waals surface area contributed by atoms with Crippen LogP contribution < -0.4 is 0 Å². The average molecular weight is 286 g/mol. The fraction of sp³-hybridized carbons (Fsp3) is 0.615. The summed E-state index contributed by atoms with van der Waals surface area (Å²) in [6.07, 6.45) is 4.14. The average Bonchev–Trinajstić information content (AvgIpc) is 2.86. The fourth-order valence-corrected chi connectivity index (χ4v) is 4.38. The van der Waals surface area contributed by atoms with Crippen LogP contribution in [0.2, 0.25) is 0 Å². The van der Waals surface area contributed by atoms with Crippen molar-refractivity contribution in [2.75, 3.05) is 5.75 Å². The van der Waals surface area contributed by atoms with Gasteiger partial charge in [0.05, 0.1) is 5.75 Å². The summed E-state index contributed by atoms with van der Waals surface area (Å²) in [5, 5.41) is 8.90. The van der Waals surface area contributed by atoms with Crippen LogP contribution in [0.3, 0.4) is 0 Å². The van der Waals surface area contributed by atoms with Gasteiger partial charge in [-0.1, -0.05) is 12.8 Å². The topological polar surface area (TPSA) is 84.6 Å². The smallest absolute Gasteiger partial charge is 0.339 e. The summed E-state index contributed by atoms with van der Waals surface area (Å²) in [6, 6.07) is 1.31. The lowest BCUT2D eigenvalue weighted by Gasteiger charge is -2.08. The molecule has 0 spiro atoms. The van der Waals surface area contributed by atoms with E-state index in [1.165, 1.54) is 13.0 Å². The Balaban J connectivity index is 2.07. The van der Waals surface area contributed by atoms with E-state index >= 15 is 0 Å². The first-order chi connectivity index (χ1) is 8.87. The highest BCUT2D eigenvalue weighted by molar-refractivity contribution is 7.90. The molecule has 0 aliphatic heterocycles. The van der Waals surface area contributed by atoms with Crippen molar-refractivity contribution in [1.82, 2.24) is 0 Å². The predicted molar refractivity (Wildman–Crippen MR) is 69.9 cm³/mol. The Hall–Kier alpha value is -1.30. The van der Waals surface area contributed by atoms with Crippen molar-refractivity contribution in [2.24, 2.45) is 5.92 Å². The largest absolute Gasteiger partial charge is 0.478 e. The van der Waals surface area contributed by atoms with Gasteiger partial charge in [0.15, 0.2) is 9.84 Å². The van der Waals surface area contributed by atoms with E-state index in [2.05, 4.69) is 0 Å². The normalized spacial score (nSPS) is 16.9. The molecule has 1 aromatic rings. The number of carbonyl (C=O) groups is 1. The first-order valence-corrected chi connectivity index (χ1v) is 8.22. The first kappa shape index (κ1) is 14.1. The summed E-state index contributed by atoms with van der Waals surface area (Å²) in [7, 11) is -3.23. The highest BCUT2D eigenvalue weighted by Crippen LogP contribution is 2.27. The van der Waals surface area contributed by atoms with Crippen molar-refractivity contribution in [2.45, 2.75) is 38.4 Å². The number of rotatable bonds is 5. The Morgan fingerprint density at radius 2 is 2.05 bits per heavy atom. The van der Waals surface area contributed by atoms with Gasteiger partial charge in [-0.15, -0.1) is 0 Å². The molecule has 106 valence electrons. The van der Waals surface area contributed by atoms with Crippen LogP contribution in [-0.4, -0.2) is 25.2 Å². The van der Waals surface area contributed by atoms with Gasteiger partial charge in [0, 0.05) is 0 Å². The Labute approximate surface area is 112 Å². The van der Waals surface area contributed by atoms with E-state index in [0.29, 0.717) is 0 Å². The van der Waals surface area contributed by atoms with E-state index in [1.54, 1.807) is 0 Å². The first-order valence-electron chi connectivity index (χ1n) is 6.40. The molecule has 0 bridgehead atoms. The Morgan fingerprint density at radius 3 is 2.58 bits per heavy atom. The second kappa shape index (κ2) is 5.36. The number of carboxylic acids is 1. The van der Waals surface area contributed by atoms with Gasteiger partial charge in [-0.25, -0.2) is 13.2 Å².